The van der Waals surface area contributed by atoms with Crippen LogP contribution in [-0.4, -0.2) is 17.6 Å². The lowest BCUT2D eigenvalue weighted by Gasteiger charge is -2.32. The van der Waals surface area contributed by atoms with E-state index in [2.05, 4.69) is 25.9 Å². The van der Waals surface area contributed by atoms with Crippen molar-refractivity contribution < 1.29 is 9.47 Å². The van der Waals surface area contributed by atoms with Crippen LogP contribution in [0.3, 0.4) is 0 Å². The SMILES string of the molecule is Cc1ccc2c(n1)C1(COC(N)=N1)c1cc(Br)ccc1O2. The fraction of sp³-hybridized carbons (Fsp3) is 0.200. The molecule has 0 saturated carbocycles. The lowest BCUT2D eigenvalue weighted by molar-refractivity contribution is 0.260. The van der Waals surface area contributed by atoms with Crippen molar-refractivity contribution in [3.8, 4) is 11.5 Å². The molecule has 1 spiro atoms. The maximum atomic E-state index is 5.96. The smallest absolute Gasteiger partial charge is 0.283 e. The standard InChI is InChI=1S/C15H12BrN3O2/c1-8-2-4-12-13(18-8)15(7-20-14(17)19-15)10-6-9(16)3-5-11(10)21-12/h2-6H,7H2,1H3,(H2,17,19). The Kier molecular flexibility index (Phi) is 2.53. The van der Waals surface area contributed by atoms with Crippen molar-refractivity contribution in [1.82, 2.24) is 4.98 Å². The number of hydrogen-bond acceptors (Lipinski definition) is 5. The minimum absolute atomic E-state index is 0.178. The van der Waals surface area contributed by atoms with E-state index in [0.717, 1.165) is 27.2 Å². The molecule has 0 bridgehead atoms. The average Bonchev–Trinajstić information content (AvgIpc) is 2.84. The highest BCUT2D eigenvalue weighted by atomic mass is 79.9. The molecule has 0 radical (unpaired) electrons. The summed E-state index contributed by atoms with van der Waals surface area (Å²) in [5.41, 5.74) is 7.59. The molecule has 2 aliphatic heterocycles. The van der Waals surface area contributed by atoms with Gasteiger partial charge in [-0.1, -0.05) is 15.9 Å². The highest BCUT2D eigenvalue weighted by Gasteiger charge is 2.48. The summed E-state index contributed by atoms with van der Waals surface area (Å²) in [4.78, 5) is 9.18. The number of nitrogens with two attached hydrogens (primary N) is 1. The molecule has 5 nitrogen and oxygen atoms in total. The van der Waals surface area contributed by atoms with E-state index in [-0.39, 0.29) is 6.02 Å². The lowest BCUT2D eigenvalue weighted by Crippen LogP contribution is -2.32. The number of aromatic nitrogens is 1. The first-order chi connectivity index (χ1) is 10.1. The zero-order valence-corrected chi connectivity index (χ0v) is 12.8. The Hall–Kier alpha value is -2.08. The van der Waals surface area contributed by atoms with Crippen LogP contribution >= 0.6 is 15.9 Å². The highest BCUT2D eigenvalue weighted by Crippen LogP contribution is 2.50. The first-order valence-corrected chi connectivity index (χ1v) is 7.32. The monoisotopic (exact) mass is 345 g/mol. The maximum Gasteiger partial charge on any atom is 0.283 e. The van der Waals surface area contributed by atoms with Gasteiger partial charge in [0.15, 0.2) is 11.3 Å². The molecule has 1 unspecified atom stereocenters. The lowest BCUT2D eigenvalue weighted by atomic mass is 9.85. The molecule has 1 aromatic carbocycles. The summed E-state index contributed by atoms with van der Waals surface area (Å²) in [7, 11) is 0. The predicted molar refractivity (Wildman–Crippen MR) is 81.5 cm³/mol. The van der Waals surface area contributed by atoms with Crippen LogP contribution in [0.5, 0.6) is 11.5 Å². The molecular formula is C15H12BrN3O2. The van der Waals surface area contributed by atoms with Gasteiger partial charge in [0.2, 0.25) is 0 Å². The van der Waals surface area contributed by atoms with E-state index < -0.39 is 5.54 Å². The first-order valence-electron chi connectivity index (χ1n) is 6.53. The van der Waals surface area contributed by atoms with Crippen molar-refractivity contribution in [2.24, 2.45) is 10.7 Å². The molecule has 6 heteroatoms. The van der Waals surface area contributed by atoms with Gasteiger partial charge in [-0.25, -0.2) is 4.99 Å². The zero-order valence-electron chi connectivity index (χ0n) is 11.3. The Bertz CT molecular complexity index is 737. The molecule has 0 aliphatic carbocycles. The molecule has 1 aromatic heterocycles. The van der Waals surface area contributed by atoms with Crippen LogP contribution in [0.2, 0.25) is 0 Å². The summed E-state index contributed by atoms with van der Waals surface area (Å²) in [6, 6.07) is 9.83. The fourth-order valence-corrected chi connectivity index (χ4v) is 3.13. The molecule has 1 atom stereocenters. The maximum absolute atomic E-state index is 5.96. The number of rotatable bonds is 0. The van der Waals surface area contributed by atoms with Gasteiger partial charge < -0.3 is 15.2 Å². The van der Waals surface area contributed by atoms with E-state index in [1.54, 1.807) is 0 Å². The minimum Gasteiger partial charge on any atom is -0.462 e. The molecule has 2 aliphatic rings. The van der Waals surface area contributed by atoms with Gasteiger partial charge in [-0.2, -0.15) is 0 Å². The Morgan fingerprint density at radius 1 is 1.24 bits per heavy atom. The topological polar surface area (TPSA) is 69.7 Å². The molecule has 106 valence electrons. The van der Waals surface area contributed by atoms with Crippen molar-refractivity contribution in [3.63, 3.8) is 0 Å². The zero-order chi connectivity index (χ0) is 14.6. The molecule has 2 aromatic rings. The fourth-order valence-electron chi connectivity index (χ4n) is 2.77. The molecule has 21 heavy (non-hydrogen) atoms. The van der Waals surface area contributed by atoms with Crippen molar-refractivity contribution in [1.29, 1.82) is 0 Å². The van der Waals surface area contributed by atoms with Crippen LogP contribution < -0.4 is 10.5 Å². The number of ether oxygens (including phenoxy) is 2. The largest absolute Gasteiger partial charge is 0.462 e. The first kappa shape index (κ1) is 12.6. The van der Waals surface area contributed by atoms with Gasteiger partial charge in [0, 0.05) is 15.7 Å². The van der Waals surface area contributed by atoms with Crippen molar-refractivity contribution in [2.75, 3.05) is 6.61 Å². The second kappa shape index (κ2) is 4.21. The van der Waals surface area contributed by atoms with E-state index >= 15 is 0 Å². The third kappa shape index (κ3) is 1.75. The number of fused-ring (bicyclic) bond motifs is 4. The van der Waals surface area contributed by atoms with E-state index in [1.807, 2.05) is 37.3 Å². The summed E-state index contributed by atoms with van der Waals surface area (Å²) >= 11 is 3.49. The second-order valence-corrected chi connectivity index (χ2v) is 6.06. The number of pyridine rings is 1. The minimum atomic E-state index is -0.733. The third-order valence-electron chi connectivity index (χ3n) is 3.73. The molecule has 4 rings (SSSR count). The summed E-state index contributed by atoms with van der Waals surface area (Å²) in [5, 5.41) is 0. The number of aryl methyl sites for hydroxylation is 1. The molecule has 3 heterocycles. The van der Waals surface area contributed by atoms with Crippen LogP contribution in [-0.2, 0) is 10.3 Å². The Balaban J connectivity index is 2.05. The molecule has 0 fully saturated rings. The summed E-state index contributed by atoms with van der Waals surface area (Å²) in [6.45, 7) is 2.27. The number of nitrogens with zero attached hydrogens (tertiary/aromatic N) is 2. The Morgan fingerprint density at radius 2 is 2.05 bits per heavy atom. The van der Waals surface area contributed by atoms with Crippen LogP contribution in [0.1, 0.15) is 17.0 Å². The van der Waals surface area contributed by atoms with E-state index in [9.17, 15) is 0 Å². The van der Waals surface area contributed by atoms with Crippen molar-refractivity contribution >= 4 is 22.0 Å². The van der Waals surface area contributed by atoms with E-state index in [0.29, 0.717) is 12.4 Å². The third-order valence-corrected chi connectivity index (χ3v) is 4.22. The average molecular weight is 346 g/mol. The van der Waals surface area contributed by atoms with Crippen molar-refractivity contribution in [3.05, 3.63) is 51.8 Å². The van der Waals surface area contributed by atoms with Gasteiger partial charge in [-0.05, 0) is 37.3 Å². The van der Waals surface area contributed by atoms with Crippen LogP contribution in [0.25, 0.3) is 0 Å². The molecule has 0 saturated heterocycles. The van der Waals surface area contributed by atoms with Gasteiger partial charge in [0.1, 0.15) is 18.1 Å². The second-order valence-electron chi connectivity index (χ2n) is 5.14. The summed E-state index contributed by atoms with van der Waals surface area (Å²) < 4.78 is 12.4. The van der Waals surface area contributed by atoms with E-state index in [4.69, 9.17) is 15.2 Å². The van der Waals surface area contributed by atoms with Crippen LogP contribution in [0, 0.1) is 6.92 Å². The predicted octanol–water partition coefficient (Wildman–Crippen LogP) is 2.85. The number of hydrogen-bond donors (Lipinski definition) is 1. The van der Waals surface area contributed by atoms with Crippen molar-refractivity contribution in [2.45, 2.75) is 12.5 Å². The van der Waals surface area contributed by atoms with Crippen LogP contribution in [0.15, 0.2) is 39.8 Å². The molecular weight excluding hydrogens is 334 g/mol. The van der Waals surface area contributed by atoms with Gasteiger partial charge in [0.05, 0.1) is 0 Å². The van der Waals surface area contributed by atoms with E-state index in [1.165, 1.54) is 0 Å². The number of aliphatic imine (C=N–C) groups is 1. The van der Waals surface area contributed by atoms with Gasteiger partial charge in [-0.15, -0.1) is 0 Å². The van der Waals surface area contributed by atoms with Gasteiger partial charge in [0.25, 0.3) is 6.02 Å². The molecule has 0 amide bonds. The normalized spacial score (nSPS) is 22.1. The molecule has 2 N–H and O–H groups in total. The van der Waals surface area contributed by atoms with Gasteiger partial charge >= 0.3 is 0 Å². The quantitative estimate of drug-likeness (QED) is 0.796. The highest BCUT2D eigenvalue weighted by molar-refractivity contribution is 9.10. The summed E-state index contributed by atoms with van der Waals surface area (Å²) in [6.07, 6.45) is 0. The number of amidine groups is 1. The Morgan fingerprint density at radius 3 is 2.81 bits per heavy atom. The van der Waals surface area contributed by atoms with Crippen LogP contribution in [0.4, 0.5) is 0 Å². The Labute approximate surface area is 129 Å². The summed E-state index contributed by atoms with van der Waals surface area (Å²) in [5.74, 6) is 1.44. The van der Waals surface area contributed by atoms with Gasteiger partial charge in [-0.3, -0.25) is 4.98 Å². The number of benzene rings is 1. The number of halogens is 1.